The summed E-state index contributed by atoms with van der Waals surface area (Å²) in [6, 6.07) is 29.9. The van der Waals surface area contributed by atoms with Gasteiger partial charge in [0.2, 0.25) is 5.91 Å². The molecule has 0 radical (unpaired) electrons. The number of carbonyl (C=O) groups is 10. The highest BCUT2D eigenvalue weighted by Crippen LogP contribution is 2.60. The summed E-state index contributed by atoms with van der Waals surface area (Å²) >= 11 is 27.5. The quantitative estimate of drug-likeness (QED) is 0.00641. The number of aliphatic hydroxyl groups is 1. The van der Waals surface area contributed by atoms with Crippen LogP contribution in [-0.4, -0.2) is 181 Å². The number of piperidine rings is 3. The maximum Gasteiger partial charge on any atom is 0.437 e. The number of ether oxygens (including phenoxy) is 7. The Morgan fingerprint density at radius 3 is 1.06 bits per heavy atom. The molecule has 1 amide bonds. The Morgan fingerprint density at radius 2 is 0.743 bits per heavy atom. The van der Waals surface area contributed by atoms with Crippen LogP contribution in [0.1, 0.15) is 207 Å². The van der Waals surface area contributed by atoms with Gasteiger partial charge in [-0.3, -0.25) is 14.4 Å². The van der Waals surface area contributed by atoms with Crippen LogP contribution in [0.2, 0.25) is 0 Å². The molecule has 0 spiro atoms. The van der Waals surface area contributed by atoms with Gasteiger partial charge in [-0.15, -0.1) is 0 Å². The number of carboxylic acid groups (broad SMARTS) is 2. The molecule has 3 saturated heterocycles. The number of quaternary nitrogens is 3. The van der Waals surface area contributed by atoms with Crippen LogP contribution in [0.3, 0.4) is 0 Å². The van der Waals surface area contributed by atoms with Gasteiger partial charge in [0.25, 0.3) is 10.0 Å². The molecule has 3 aliphatic heterocycles. The number of esters is 7. The molecule has 7 aromatic carbocycles. The number of hydrogen-bond acceptors (Lipinski definition) is 22. The predicted octanol–water partition coefficient (Wildman–Crippen LogP) is 20.4. The van der Waals surface area contributed by atoms with Gasteiger partial charge in [-0.25, -0.2) is 46.7 Å². The highest BCUT2D eigenvalue weighted by molar-refractivity contribution is 14.1. The van der Waals surface area contributed by atoms with E-state index in [9.17, 15) is 92.9 Å². The molecule has 3 heterocycles. The molecule has 788 valence electrons. The zero-order chi connectivity index (χ0) is 108. The standard InChI is InChI=1S/C29H25I4NO8.C28H29I6NO6.C17H21NO3S.C15H18I3NO2.C4H2F6O3.C3H6O2/c1-29(2,15-3-5-34-6-4-15)42-26(37)14-7-18(40-27(38)20-9-16(30)11-22(32)24(20)35)13-19(8-14)41-28(39)21-10-17(31)12-23(33)25(21)36;1-4-28(26(38)41-27(2,3)15-5-7-35-8-6-15,13-39-24(36)18-9-16(29)11-20(31)22(18)33)14-40-25(37)19-10-17(30)12-21(32)23(19)34;19-16(18-22(20,21)15-4-2-1-3-5-15)17-9-12-6-13(10-17)8-14(7-12)11-17;1-15(2,9-3-5-19-6-4-9)21-14(20)11-7-10(16)8-12(17)13(11)18;5-3(6,7)2(13,1(11)12)4(8,9)10;1-2-3(4)5/h7-13,15,34-36H,3-6H2,1-2H3;9-12,15,35H,4-8,13-14H2,1-3H3;1-5,12-14H,6-11H2,(H,18,19);7-9,19H,3-6H2,1-2H3;13H,(H,11,12);2H2,1H3,(H,4,5)/p+3. The number of carbonyl (C=O) groups excluding carboxylic acids is 8. The van der Waals surface area contributed by atoms with Crippen molar-refractivity contribution in [3.63, 3.8) is 0 Å². The normalized spacial score (nSPS) is 17.7. The number of rotatable bonds is 25. The summed E-state index contributed by atoms with van der Waals surface area (Å²) in [6.07, 6.45) is 0.0780. The molecular formula is C96H104F6I13N4O24S+3. The lowest BCUT2D eigenvalue weighted by atomic mass is 9.49. The molecule has 14 rings (SSSR count). The van der Waals surface area contributed by atoms with Crippen LogP contribution in [0.4, 0.5) is 26.3 Å². The van der Waals surface area contributed by atoms with Crippen LogP contribution in [0.15, 0.2) is 114 Å². The molecule has 12 N–H and O–H groups in total. The monoisotopic (exact) mass is 3490 g/mol. The summed E-state index contributed by atoms with van der Waals surface area (Å²) in [5.74, 6) is -6.61. The van der Waals surface area contributed by atoms with Crippen LogP contribution in [0.25, 0.3) is 0 Å². The van der Waals surface area contributed by atoms with Crippen molar-refractivity contribution >= 4 is 363 Å². The van der Waals surface area contributed by atoms with Gasteiger partial charge in [-0.1, -0.05) is 32.0 Å². The number of amides is 1. The van der Waals surface area contributed by atoms with Crippen molar-refractivity contribution < 1.29 is 157 Å². The highest BCUT2D eigenvalue weighted by Gasteiger charge is 2.76. The lowest BCUT2D eigenvalue weighted by molar-refractivity contribution is -0.666. The van der Waals surface area contributed by atoms with E-state index in [1.807, 2.05) is 157 Å². The van der Waals surface area contributed by atoms with Crippen LogP contribution in [-0.2, 0) is 52.9 Å². The Kier molecular flexibility index (Phi) is 48.8. The smallest absolute Gasteiger partial charge is 0.437 e. The lowest BCUT2D eigenvalue weighted by Crippen LogP contribution is -2.86. The Hall–Kier alpha value is -2.30. The second kappa shape index (κ2) is 55.4. The fourth-order valence-corrected chi connectivity index (χ4v) is 29.4. The number of aliphatic carboxylic acids is 2. The first-order valence-electron chi connectivity index (χ1n) is 44.8. The Morgan fingerprint density at radius 1 is 0.431 bits per heavy atom. The average Bonchev–Trinajstić information content (AvgIpc) is 0.732. The second-order valence-corrected chi connectivity index (χ2v) is 53.6. The van der Waals surface area contributed by atoms with E-state index in [0.29, 0.717) is 54.6 Å². The van der Waals surface area contributed by atoms with Crippen molar-refractivity contribution in [3.05, 3.63) is 189 Å². The number of phenols is 2. The summed E-state index contributed by atoms with van der Waals surface area (Å²) in [5, 5.41) is 51.0. The number of phenolic OH excluding ortho intramolecular Hbond substituents is 2. The number of nitrogens with one attached hydrogen (secondary N) is 1. The minimum atomic E-state index is -6.31. The third-order valence-electron chi connectivity index (χ3n) is 25.3. The van der Waals surface area contributed by atoms with Gasteiger partial charge < -0.3 is 74.6 Å². The first kappa shape index (κ1) is 127. The molecule has 144 heavy (non-hydrogen) atoms. The Labute approximate surface area is 1010 Å². The molecule has 4 aliphatic carbocycles. The average molecular weight is 3490 g/mol. The van der Waals surface area contributed by atoms with Crippen molar-refractivity contribution in [3.8, 4) is 23.0 Å². The largest absolute Gasteiger partial charge is 0.506 e. The number of benzene rings is 7. The van der Waals surface area contributed by atoms with Gasteiger partial charge in [-0.05, 0) is 483 Å². The molecule has 0 unspecified atom stereocenters. The van der Waals surface area contributed by atoms with Gasteiger partial charge >= 0.3 is 71.7 Å². The summed E-state index contributed by atoms with van der Waals surface area (Å²) in [4.78, 5) is 125. The van der Waals surface area contributed by atoms with Crippen molar-refractivity contribution in [1.29, 1.82) is 0 Å². The van der Waals surface area contributed by atoms with Gasteiger partial charge in [0, 0.05) is 108 Å². The first-order chi connectivity index (χ1) is 66.9. The van der Waals surface area contributed by atoms with E-state index in [-0.39, 0.29) is 94.4 Å². The number of sulfonamides is 1. The van der Waals surface area contributed by atoms with E-state index < -0.39 is 103 Å². The number of aromatic hydroxyl groups is 2. The van der Waals surface area contributed by atoms with Crippen molar-refractivity contribution in [2.75, 3.05) is 52.5 Å². The van der Waals surface area contributed by atoms with Crippen molar-refractivity contribution in [2.45, 2.75) is 185 Å². The molecule has 7 aromatic rings. The molecule has 0 atom stereocenters. The summed E-state index contributed by atoms with van der Waals surface area (Å²) < 4.78 is 148. The van der Waals surface area contributed by atoms with Gasteiger partial charge in [0.15, 0.2) is 0 Å². The van der Waals surface area contributed by atoms with E-state index >= 15 is 0 Å². The predicted molar refractivity (Wildman–Crippen MR) is 628 cm³/mol. The maximum absolute atomic E-state index is 14.0. The van der Waals surface area contributed by atoms with E-state index in [1.54, 1.807) is 49.4 Å². The number of hydrogen-bond donors (Lipinski definition) is 9. The van der Waals surface area contributed by atoms with Crippen molar-refractivity contribution in [1.82, 2.24) is 4.72 Å². The molecule has 4 saturated carbocycles. The van der Waals surface area contributed by atoms with Crippen LogP contribution < -0.4 is 30.1 Å². The SMILES string of the molecule is CC(C)(OC(=O)c1cc(I)cc(I)c1I)C1CC[NH2+]CC1.CC(C)(OC(=O)c1cc(OC(=O)c2cc(I)cc(I)c2O)cc(OC(=O)c2cc(I)cc(I)c2O)c1)C1CC[NH2+]CC1.CCC(=O)O.CCC(COC(=O)c1cc(I)cc(I)c1I)(COC(=O)c1cc(I)cc(I)c1I)C(=O)OC(C)(C)C1CC[NH2+]CC1.O=C(NS(=O)(=O)c1ccccc1)C12CC3CC(CC(C3)C1)C2.O=C(O)C(O)(C(F)(F)F)C(F)(F)F. The van der Waals surface area contributed by atoms with E-state index in [2.05, 4.69) is 230 Å². The highest BCUT2D eigenvalue weighted by atomic mass is 127. The van der Waals surface area contributed by atoms with E-state index in [1.165, 1.54) is 61.7 Å². The number of alkyl halides is 6. The molecule has 28 nitrogen and oxygen atoms in total. The van der Waals surface area contributed by atoms with Crippen LogP contribution >= 0.6 is 294 Å². The fourth-order valence-electron chi connectivity index (χ4n) is 17.5. The molecule has 0 aromatic heterocycles. The molecule has 48 heteroatoms. The molecular weight excluding hydrogens is 3390 g/mol. The van der Waals surface area contributed by atoms with Crippen LogP contribution in [0, 0.1) is 92.7 Å². The molecule has 7 aliphatic rings. The maximum atomic E-state index is 14.0. The zero-order valence-corrected chi connectivity index (χ0v) is 107. The third-order valence-corrected chi connectivity index (χ3v) is 40.5. The fraction of sp³-hybridized carbons (Fsp3) is 0.458. The van der Waals surface area contributed by atoms with E-state index in [4.69, 9.17) is 48.5 Å². The Bertz CT molecular complexity index is 5780. The lowest BCUT2D eigenvalue weighted by Gasteiger charge is -2.55. The first-order valence-corrected chi connectivity index (χ1v) is 60.3. The summed E-state index contributed by atoms with van der Waals surface area (Å²) in [6.45, 7) is 20.7. The minimum Gasteiger partial charge on any atom is -0.506 e. The Balaban J connectivity index is 0.000000229. The number of nitrogens with two attached hydrogens (primary N) is 3. The second-order valence-electron chi connectivity index (χ2n) is 36.7. The van der Waals surface area contributed by atoms with Gasteiger partial charge in [0.05, 0.1) is 79.0 Å². The van der Waals surface area contributed by atoms with Crippen molar-refractivity contribution in [2.24, 2.45) is 46.3 Å². The number of carboxylic acids is 2. The zero-order valence-electron chi connectivity index (χ0n) is 78.2. The van der Waals surface area contributed by atoms with Gasteiger partial charge in [0.1, 0.15) is 69.6 Å². The summed E-state index contributed by atoms with van der Waals surface area (Å²) in [5.41, 5.74) is -7.98. The molecule has 7 fully saturated rings. The van der Waals surface area contributed by atoms with E-state index in [0.717, 1.165) is 129 Å². The minimum absolute atomic E-state index is 0.00133. The van der Waals surface area contributed by atoms with Gasteiger partial charge in [-0.2, -0.15) is 26.3 Å². The van der Waals surface area contributed by atoms with Crippen LogP contribution in [0.5, 0.6) is 23.0 Å². The number of halogens is 19. The summed E-state index contributed by atoms with van der Waals surface area (Å²) in [7, 11) is -3.75. The third kappa shape index (κ3) is 34.8. The topological polar surface area (TPSA) is 432 Å². The molecule has 4 bridgehead atoms.